The molecule has 23 heavy (non-hydrogen) atoms. The molecule has 1 aromatic rings. The number of ether oxygens (including phenoxy) is 2. The van der Waals surface area contributed by atoms with Gasteiger partial charge in [-0.05, 0) is 24.1 Å². The maximum atomic E-state index is 12.8. The van der Waals surface area contributed by atoms with E-state index in [4.69, 9.17) is 14.7 Å². The first-order valence-corrected chi connectivity index (χ1v) is 7.27. The molecule has 0 aromatic heterocycles. The second-order valence-electron chi connectivity index (χ2n) is 5.12. The molecule has 2 rings (SSSR count). The Labute approximate surface area is 134 Å². The van der Waals surface area contributed by atoms with Gasteiger partial charge < -0.3 is 14.8 Å². The zero-order valence-electron chi connectivity index (χ0n) is 13.4. The second kappa shape index (κ2) is 6.57. The smallest absolute Gasteiger partial charge is 0.325 e. The van der Waals surface area contributed by atoms with Crippen LogP contribution in [0.2, 0.25) is 0 Å². The van der Waals surface area contributed by atoms with Crippen LogP contribution in [-0.4, -0.2) is 37.6 Å². The van der Waals surface area contributed by atoms with Crippen LogP contribution in [0.4, 0.5) is 4.79 Å². The zero-order chi connectivity index (χ0) is 17.0. The summed E-state index contributed by atoms with van der Waals surface area (Å²) in [7, 11) is 3.04. The van der Waals surface area contributed by atoms with Gasteiger partial charge in [-0.3, -0.25) is 9.69 Å². The fourth-order valence-corrected chi connectivity index (χ4v) is 2.73. The van der Waals surface area contributed by atoms with E-state index in [0.717, 1.165) is 4.90 Å². The third-order valence-electron chi connectivity index (χ3n) is 4.03. The fourth-order valence-electron chi connectivity index (χ4n) is 2.73. The monoisotopic (exact) mass is 317 g/mol. The van der Waals surface area contributed by atoms with E-state index in [0.29, 0.717) is 23.5 Å². The van der Waals surface area contributed by atoms with E-state index in [1.165, 1.54) is 14.2 Å². The van der Waals surface area contributed by atoms with Crippen molar-refractivity contribution in [2.45, 2.75) is 25.3 Å². The van der Waals surface area contributed by atoms with Crippen LogP contribution in [0.5, 0.6) is 11.5 Å². The maximum Gasteiger partial charge on any atom is 0.325 e. The van der Waals surface area contributed by atoms with Crippen molar-refractivity contribution in [2.24, 2.45) is 0 Å². The van der Waals surface area contributed by atoms with Crippen LogP contribution in [0.1, 0.15) is 25.3 Å². The van der Waals surface area contributed by atoms with E-state index < -0.39 is 11.6 Å². The van der Waals surface area contributed by atoms with Crippen molar-refractivity contribution < 1.29 is 19.1 Å². The highest BCUT2D eigenvalue weighted by molar-refractivity contribution is 6.07. The molecule has 3 amide bonds. The quantitative estimate of drug-likeness (QED) is 0.807. The van der Waals surface area contributed by atoms with Gasteiger partial charge in [0.15, 0.2) is 11.5 Å². The Kier molecular flexibility index (Phi) is 4.74. The van der Waals surface area contributed by atoms with Gasteiger partial charge in [-0.15, -0.1) is 0 Å². The number of rotatable bonds is 6. The summed E-state index contributed by atoms with van der Waals surface area (Å²) in [6.45, 7) is 1.90. The van der Waals surface area contributed by atoms with Crippen molar-refractivity contribution >= 4 is 11.9 Å². The molecule has 0 saturated carbocycles. The minimum Gasteiger partial charge on any atom is -0.493 e. The normalized spacial score (nSPS) is 20.2. The van der Waals surface area contributed by atoms with Crippen LogP contribution in [-0.2, 0) is 10.3 Å². The molecule has 1 saturated heterocycles. The first-order valence-electron chi connectivity index (χ1n) is 7.27. The third kappa shape index (κ3) is 2.68. The molecule has 1 aliphatic heterocycles. The number of urea groups is 1. The van der Waals surface area contributed by atoms with E-state index in [-0.39, 0.29) is 18.9 Å². The molecule has 7 heteroatoms. The van der Waals surface area contributed by atoms with Gasteiger partial charge >= 0.3 is 6.03 Å². The topological polar surface area (TPSA) is 91.7 Å². The summed E-state index contributed by atoms with van der Waals surface area (Å²) in [6, 6.07) is 6.58. The standard InChI is InChI=1S/C16H19N3O4/c1-4-16(11-6-7-12(22-2)13(10-11)23-3)14(20)19(9-5-8-17)15(21)18-16/h6-7,10H,4-5,9H2,1-3H3,(H,18,21). The van der Waals surface area contributed by atoms with E-state index in [2.05, 4.69) is 5.32 Å². The fraction of sp³-hybridized carbons (Fsp3) is 0.438. The molecule has 1 atom stereocenters. The number of nitrogens with zero attached hydrogens (tertiary/aromatic N) is 2. The van der Waals surface area contributed by atoms with Crippen molar-refractivity contribution in [1.29, 1.82) is 5.26 Å². The van der Waals surface area contributed by atoms with Crippen LogP contribution in [0.25, 0.3) is 0 Å². The molecule has 1 unspecified atom stereocenters. The van der Waals surface area contributed by atoms with Crippen molar-refractivity contribution in [3.8, 4) is 17.6 Å². The second-order valence-corrected chi connectivity index (χ2v) is 5.12. The molecule has 0 spiro atoms. The average Bonchev–Trinajstić information content (AvgIpc) is 2.83. The summed E-state index contributed by atoms with van der Waals surface area (Å²) in [6.07, 6.45) is 0.487. The lowest BCUT2D eigenvalue weighted by Gasteiger charge is -2.26. The molecular weight excluding hydrogens is 298 g/mol. The highest BCUT2D eigenvalue weighted by Gasteiger charge is 2.51. The molecule has 1 aliphatic rings. The van der Waals surface area contributed by atoms with Crippen LogP contribution in [0, 0.1) is 11.3 Å². The lowest BCUT2D eigenvalue weighted by Crippen LogP contribution is -2.43. The summed E-state index contributed by atoms with van der Waals surface area (Å²) in [5, 5.41) is 11.4. The lowest BCUT2D eigenvalue weighted by molar-refractivity contribution is -0.131. The molecule has 1 N–H and O–H groups in total. The summed E-state index contributed by atoms with van der Waals surface area (Å²) >= 11 is 0. The van der Waals surface area contributed by atoms with Gasteiger partial charge in [-0.25, -0.2) is 4.79 Å². The molecular formula is C16H19N3O4. The molecule has 0 bridgehead atoms. The Morgan fingerprint density at radius 1 is 1.26 bits per heavy atom. The van der Waals surface area contributed by atoms with Gasteiger partial charge in [0.2, 0.25) is 0 Å². The molecule has 0 radical (unpaired) electrons. The summed E-state index contributed by atoms with van der Waals surface area (Å²) < 4.78 is 10.5. The van der Waals surface area contributed by atoms with Gasteiger partial charge in [0.1, 0.15) is 5.54 Å². The minimum atomic E-state index is -1.15. The van der Waals surface area contributed by atoms with Gasteiger partial charge in [-0.1, -0.05) is 13.0 Å². The molecule has 1 heterocycles. The van der Waals surface area contributed by atoms with E-state index in [9.17, 15) is 9.59 Å². The maximum absolute atomic E-state index is 12.8. The summed E-state index contributed by atoms with van der Waals surface area (Å²) in [4.78, 5) is 26.0. The predicted molar refractivity (Wildman–Crippen MR) is 82.0 cm³/mol. The summed E-state index contributed by atoms with van der Waals surface area (Å²) in [5.41, 5.74) is -0.526. The van der Waals surface area contributed by atoms with Crippen LogP contribution in [0.15, 0.2) is 18.2 Å². The number of carbonyl (C=O) groups excluding carboxylic acids is 2. The van der Waals surface area contributed by atoms with Gasteiger partial charge in [-0.2, -0.15) is 5.26 Å². The Balaban J connectivity index is 2.44. The number of hydrogen-bond donors (Lipinski definition) is 1. The van der Waals surface area contributed by atoms with Gasteiger partial charge in [0.25, 0.3) is 5.91 Å². The number of nitrogens with one attached hydrogen (secondary N) is 1. The number of carbonyl (C=O) groups is 2. The van der Waals surface area contributed by atoms with Crippen LogP contribution in [0.3, 0.4) is 0 Å². The largest absolute Gasteiger partial charge is 0.493 e. The Hall–Kier alpha value is -2.75. The van der Waals surface area contributed by atoms with Crippen molar-refractivity contribution in [2.75, 3.05) is 20.8 Å². The molecule has 122 valence electrons. The minimum absolute atomic E-state index is 0.0796. The first-order chi connectivity index (χ1) is 11.0. The number of amides is 3. The van der Waals surface area contributed by atoms with Gasteiger partial charge in [0, 0.05) is 6.54 Å². The van der Waals surface area contributed by atoms with E-state index in [1.807, 2.05) is 13.0 Å². The highest BCUT2D eigenvalue weighted by atomic mass is 16.5. The molecule has 1 aromatic carbocycles. The zero-order valence-corrected chi connectivity index (χ0v) is 13.4. The average molecular weight is 317 g/mol. The predicted octanol–water partition coefficient (Wildman–Crippen LogP) is 1.77. The van der Waals surface area contributed by atoms with Crippen molar-refractivity contribution in [1.82, 2.24) is 10.2 Å². The number of methoxy groups -OCH3 is 2. The lowest BCUT2D eigenvalue weighted by atomic mass is 9.87. The SMILES string of the molecule is CCC1(c2ccc(OC)c(OC)c2)NC(=O)N(CCC#N)C1=O. The Morgan fingerprint density at radius 3 is 2.52 bits per heavy atom. The molecule has 0 aliphatic carbocycles. The van der Waals surface area contributed by atoms with Crippen molar-refractivity contribution in [3.05, 3.63) is 23.8 Å². The number of benzene rings is 1. The van der Waals surface area contributed by atoms with Crippen LogP contribution < -0.4 is 14.8 Å². The van der Waals surface area contributed by atoms with Crippen LogP contribution >= 0.6 is 0 Å². The highest BCUT2D eigenvalue weighted by Crippen LogP contribution is 2.37. The number of hydrogen-bond acceptors (Lipinski definition) is 5. The Bertz CT molecular complexity index is 668. The summed E-state index contributed by atoms with van der Waals surface area (Å²) in [5.74, 6) is 0.670. The van der Waals surface area contributed by atoms with Gasteiger partial charge in [0.05, 0.1) is 26.7 Å². The Morgan fingerprint density at radius 2 is 1.96 bits per heavy atom. The van der Waals surface area contributed by atoms with Crippen molar-refractivity contribution in [3.63, 3.8) is 0 Å². The molecule has 7 nitrogen and oxygen atoms in total. The first kappa shape index (κ1) is 16.6. The van der Waals surface area contributed by atoms with E-state index >= 15 is 0 Å². The third-order valence-corrected chi connectivity index (χ3v) is 4.03. The van der Waals surface area contributed by atoms with E-state index in [1.54, 1.807) is 18.2 Å². The molecule has 1 fully saturated rings. The number of nitriles is 1. The number of imide groups is 1.